The van der Waals surface area contributed by atoms with Gasteiger partial charge in [0.05, 0.1) is 13.2 Å². The molecule has 1 N–H and O–H groups in total. The third kappa shape index (κ3) is 4.01. The van der Waals surface area contributed by atoms with Gasteiger partial charge in [0.25, 0.3) is 8.32 Å². The molecule has 0 aliphatic carbocycles. The van der Waals surface area contributed by atoms with Crippen LogP contribution in [0.3, 0.4) is 0 Å². The summed E-state index contributed by atoms with van der Waals surface area (Å²) in [4.78, 5) is 0. The highest BCUT2D eigenvalue weighted by molar-refractivity contribution is 9.10. The molecule has 0 saturated carbocycles. The first-order valence-corrected chi connectivity index (χ1v) is 12.2. The average molecular weight is 455 g/mol. The molecule has 146 valence electrons. The van der Waals surface area contributed by atoms with Gasteiger partial charge in [-0.15, -0.1) is 0 Å². The molecule has 0 heterocycles. The molecule has 28 heavy (non-hydrogen) atoms. The Morgan fingerprint density at radius 1 is 0.786 bits per heavy atom. The van der Waals surface area contributed by atoms with E-state index < -0.39 is 8.32 Å². The summed E-state index contributed by atoms with van der Waals surface area (Å²) in [6.45, 7) is 7.32. The smallest absolute Gasteiger partial charge is 0.261 e. The highest BCUT2D eigenvalue weighted by Gasteiger charge is 2.50. The summed E-state index contributed by atoms with van der Waals surface area (Å²) in [5.41, 5.74) is 1.93. The normalized spacial score (nSPS) is 12.2. The highest BCUT2D eigenvalue weighted by atomic mass is 79.9. The number of aliphatic hydroxyl groups is 1. The third-order valence-corrected chi connectivity index (χ3v) is 11.2. The molecule has 0 aliphatic rings. The monoisotopic (exact) mass is 454 g/mol. The highest BCUT2D eigenvalue weighted by Crippen LogP contribution is 2.37. The summed E-state index contributed by atoms with van der Waals surface area (Å²) in [5, 5.41) is 12.1. The summed E-state index contributed by atoms with van der Waals surface area (Å²) in [5.74, 6) is 0. The maximum atomic E-state index is 9.59. The van der Waals surface area contributed by atoms with Gasteiger partial charge in [-0.2, -0.15) is 0 Å². The van der Waals surface area contributed by atoms with E-state index in [0.717, 1.165) is 15.6 Å². The van der Waals surface area contributed by atoms with Gasteiger partial charge >= 0.3 is 0 Å². The van der Waals surface area contributed by atoms with E-state index in [4.69, 9.17) is 4.43 Å². The Bertz CT molecular complexity index is 865. The van der Waals surface area contributed by atoms with E-state index in [1.165, 1.54) is 10.4 Å². The lowest BCUT2D eigenvalue weighted by atomic mass is 10.1. The SMILES string of the molecule is CC(C)(C)[Si](OCc1cccc(CO)c1Br)(c1ccccc1)c1ccccc1. The lowest BCUT2D eigenvalue weighted by Crippen LogP contribution is -2.66. The Morgan fingerprint density at radius 3 is 1.75 bits per heavy atom. The molecular formula is C24H27BrO2Si. The quantitative estimate of drug-likeness (QED) is 0.529. The number of hydrogen-bond acceptors (Lipinski definition) is 2. The van der Waals surface area contributed by atoms with Gasteiger partial charge in [-0.05, 0) is 26.5 Å². The van der Waals surface area contributed by atoms with Crippen molar-refractivity contribution in [1.82, 2.24) is 0 Å². The molecule has 0 aromatic heterocycles. The third-order valence-electron chi connectivity index (χ3n) is 5.19. The number of rotatable bonds is 6. The van der Waals surface area contributed by atoms with Crippen molar-refractivity contribution >= 4 is 34.6 Å². The Morgan fingerprint density at radius 2 is 1.29 bits per heavy atom. The fraction of sp³-hybridized carbons (Fsp3) is 0.250. The van der Waals surface area contributed by atoms with Crippen LogP contribution in [-0.4, -0.2) is 13.4 Å². The van der Waals surface area contributed by atoms with E-state index >= 15 is 0 Å². The molecule has 0 amide bonds. The Hall–Kier alpha value is -1.72. The topological polar surface area (TPSA) is 29.5 Å². The average Bonchev–Trinajstić information content (AvgIpc) is 2.70. The van der Waals surface area contributed by atoms with Crippen LogP contribution in [0.4, 0.5) is 0 Å². The molecule has 3 aromatic carbocycles. The van der Waals surface area contributed by atoms with Gasteiger partial charge in [0, 0.05) is 4.47 Å². The fourth-order valence-corrected chi connectivity index (χ4v) is 8.85. The first kappa shape index (κ1) is 21.0. The van der Waals surface area contributed by atoms with Gasteiger partial charge < -0.3 is 9.53 Å². The Labute approximate surface area is 177 Å². The predicted molar refractivity (Wildman–Crippen MR) is 122 cm³/mol. The molecule has 0 fully saturated rings. The van der Waals surface area contributed by atoms with Crippen LogP contribution in [0.2, 0.25) is 5.04 Å². The Kier molecular flexibility index (Phi) is 6.56. The van der Waals surface area contributed by atoms with Gasteiger partial charge in [0.1, 0.15) is 0 Å². The van der Waals surface area contributed by atoms with E-state index in [2.05, 4.69) is 103 Å². The summed E-state index contributed by atoms with van der Waals surface area (Å²) < 4.78 is 7.89. The van der Waals surface area contributed by atoms with Crippen LogP contribution >= 0.6 is 15.9 Å². The van der Waals surface area contributed by atoms with Gasteiger partial charge in [0.15, 0.2) is 0 Å². The minimum absolute atomic E-state index is 0.00758. The van der Waals surface area contributed by atoms with Gasteiger partial charge in [-0.1, -0.05) is 116 Å². The Balaban J connectivity index is 2.12. The van der Waals surface area contributed by atoms with Gasteiger partial charge in [-0.3, -0.25) is 0 Å². The van der Waals surface area contributed by atoms with Crippen LogP contribution in [0.25, 0.3) is 0 Å². The van der Waals surface area contributed by atoms with Crippen molar-refractivity contribution in [2.45, 2.75) is 39.0 Å². The van der Waals surface area contributed by atoms with Crippen LogP contribution < -0.4 is 10.4 Å². The molecule has 0 aliphatic heterocycles. The van der Waals surface area contributed by atoms with Crippen molar-refractivity contribution in [3.63, 3.8) is 0 Å². The standard InChI is InChI=1S/C24H27BrO2Si/c1-24(2,3)28(21-13-6-4-7-14-21,22-15-8-5-9-16-22)27-18-20-12-10-11-19(17-26)23(20)25/h4-16,26H,17-18H2,1-3H3. The molecule has 0 saturated heterocycles. The zero-order chi connectivity index (χ0) is 20.2. The van der Waals surface area contributed by atoms with Crippen LogP contribution in [0.15, 0.2) is 83.3 Å². The number of halogens is 1. The maximum absolute atomic E-state index is 9.59. The minimum Gasteiger partial charge on any atom is -0.403 e. The molecule has 0 unspecified atom stereocenters. The van der Waals surface area contributed by atoms with Crippen LogP contribution in [0.1, 0.15) is 31.9 Å². The molecular weight excluding hydrogens is 428 g/mol. The fourth-order valence-electron chi connectivity index (χ4n) is 3.81. The molecule has 0 spiro atoms. The zero-order valence-corrected chi connectivity index (χ0v) is 19.2. The molecule has 3 rings (SSSR count). The summed E-state index contributed by atoms with van der Waals surface area (Å²) in [7, 11) is -2.57. The molecule has 4 heteroatoms. The van der Waals surface area contributed by atoms with Crippen molar-refractivity contribution in [2.75, 3.05) is 0 Å². The molecule has 2 nitrogen and oxygen atoms in total. The van der Waals surface area contributed by atoms with Crippen LogP contribution in [0.5, 0.6) is 0 Å². The van der Waals surface area contributed by atoms with E-state index in [-0.39, 0.29) is 11.6 Å². The first-order chi connectivity index (χ1) is 13.4. The first-order valence-electron chi connectivity index (χ1n) is 9.52. The van der Waals surface area contributed by atoms with Gasteiger partial charge in [-0.25, -0.2) is 0 Å². The predicted octanol–water partition coefficient (Wildman–Crippen LogP) is 5.02. The minimum atomic E-state index is -2.57. The molecule has 0 bridgehead atoms. The molecule has 0 radical (unpaired) electrons. The lowest BCUT2D eigenvalue weighted by Gasteiger charge is -2.43. The largest absolute Gasteiger partial charge is 0.403 e. The van der Waals surface area contributed by atoms with Gasteiger partial charge in [0.2, 0.25) is 0 Å². The second-order valence-electron chi connectivity index (χ2n) is 8.00. The van der Waals surface area contributed by atoms with E-state index in [1.54, 1.807) is 0 Å². The van der Waals surface area contributed by atoms with Crippen molar-refractivity contribution in [2.24, 2.45) is 0 Å². The summed E-state index contributed by atoms with van der Waals surface area (Å²) in [6.07, 6.45) is 0. The lowest BCUT2D eigenvalue weighted by molar-refractivity contribution is 0.276. The van der Waals surface area contributed by atoms with E-state index in [1.807, 2.05) is 12.1 Å². The number of benzene rings is 3. The van der Waals surface area contributed by atoms with Crippen molar-refractivity contribution in [1.29, 1.82) is 0 Å². The molecule has 3 aromatic rings. The van der Waals surface area contributed by atoms with Crippen molar-refractivity contribution < 1.29 is 9.53 Å². The summed E-state index contributed by atoms with van der Waals surface area (Å²) >= 11 is 3.65. The van der Waals surface area contributed by atoms with Crippen molar-refractivity contribution in [3.8, 4) is 0 Å². The van der Waals surface area contributed by atoms with E-state index in [9.17, 15) is 5.11 Å². The van der Waals surface area contributed by atoms with Crippen LogP contribution in [0, 0.1) is 0 Å². The van der Waals surface area contributed by atoms with Crippen molar-refractivity contribution in [3.05, 3.63) is 94.5 Å². The second kappa shape index (κ2) is 8.74. The number of hydrogen-bond donors (Lipinski definition) is 1. The summed E-state index contributed by atoms with van der Waals surface area (Å²) in [6, 6.07) is 27.2. The van der Waals surface area contributed by atoms with E-state index in [0.29, 0.717) is 6.61 Å². The number of aliphatic hydroxyl groups excluding tert-OH is 1. The maximum Gasteiger partial charge on any atom is 0.261 e. The molecule has 0 atom stereocenters. The zero-order valence-electron chi connectivity index (χ0n) is 16.7. The second-order valence-corrected chi connectivity index (χ2v) is 13.1. The van der Waals surface area contributed by atoms with Crippen LogP contribution in [-0.2, 0) is 17.6 Å².